The molecule has 1 atom stereocenters. The van der Waals surface area contributed by atoms with Gasteiger partial charge < -0.3 is 15.4 Å². The second-order valence-corrected chi connectivity index (χ2v) is 4.01. The number of alkyl halides is 3. The van der Waals surface area contributed by atoms with Crippen LogP contribution in [0.4, 0.5) is 13.2 Å². The normalized spacial score (nSPS) is 21.2. The number of carbonyl (C=O) groups is 1. The van der Waals surface area contributed by atoms with Crippen molar-refractivity contribution >= 4 is 5.91 Å². The lowest BCUT2D eigenvalue weighted by Crippen LogP contribution is -2.41. The fourth-order valence-electron chi connectivity index (χ4n) is 1.58. The number of halogens is 3. The molecule has 1 aliphatic rings. The summed E-state index contributed by atoms with van der Waals surface area (Å²) in [5, 5.41) is 4.58. The topological polar surface area (TPSA) is 50.4 Å². The molecule has 1 unspecified atom stereocenters. The number of hydrogen-bond donors (Lipinski definition) is 2. The third-order valence-corrected chi connectivity index (χ3v) is 2.42. The van der Waals surface area contributed by atoms with Crippen LogP contribution in [0.3, 0.4) is 0 Å². The van der Waals surface area contributed by atoms with Crippen LogP contribution in [0.5, 0.6) is 0 Å². The zero-order valence-electron chi connectivity index (χ0n) is 9.48. The number of carbonyl (C=O) groups excluding carboxylic acids is 1. The van der Waals surface area contributed by atoms with Gasteiger partial charge in [-0.3, -0.25) is 4.79 Å². The number of ether oxygens (including phenoxy) is 1. The number of amides is 1. The van der Waals surface area contributed by atoms with E-state index in [1.165, 1.54) is 0 Å². The summed E-state index contributed by atoms with van der Waals surface area (Å²) in [5.41, 5.74) is 0. The van der Waals surface area contributed by atoms with Crippen LogP contribution in [0, 0.1) is 0 Å². The fourth-order valence-corrected chi connectivity index (χ4v) is 1.58. The molecule has 100 valence electrons. The van der Waals surface area contributed by atoms with Crippen molar-refractivity contribution < 1.29 is 22.7 Å². The minimum atomic E-state index is -4.36. The Morgan fingerprint density at radius 1 is 1.35 bits per heavy atom. The summed E-state index contributed by atoms with van der Waals surface area (Å²) >= 11 is 0. The molecule has 1 aliphatic heterocycles. The zero-order chi connectivity index (χ0) is 12.7. The molecule has 1 rings (SSSR count). The summed E-state index contributed by atoms with van der Waals surface area (Å²) in [7, 11) is 0. The first-order valence-electron chi connectivity index (χ1n) is 5.63. The van der Waals surface area contributed by atoms with Gasteiger partial charge in [-0.05, 0) is 19.3 Å². The lowest BCUT2D eigenvalue weighted by molar-refractivity contribution is -0.137. The van der Waals surface area contributed by atoms with Crippen molar-refractivity contribution in [1.29, 1.82) is 0 Å². The van der Waals surface area contributed by atoms with E-state index in [0.29, 0.717) is 13.2 Å². The molecule has 4 nitrogen and oxygen atoms in total. The molecule has 0 spiro atoms. The van der Waals surface area contributed by atoms with Gasteiger partial charge in [0.15, 0.2) is 0 Å². The van der Waals surface area contributed by atoms with Crippen LogP contribution < -0.4 is 10.6 Å². The Hall–Kier alpha value is -0.820. The largest absolute Gasteiger partial charge is 0.405 e. The van der Waals surface area contributed by atoms with Crippen molar-refractivity contribution in [2.45, 2.75) is 31.5 Å². The van der Waals surface area contributed by atoms with Gasteiger partial charge in [-0.15, -0.1) is 0 Å². The van der Waals surface area contributed by atoms with E-state index in [-0.39, 0.29) is 12.6 Å². The molecule has 0 aromatic carbocycles. The lowest BCUT2D eigenvalue weighted by Gasteiger charge is -2.22. The summed E-state index contributed by atoms with van der Waals surface area (Å²) < 4.78 is 40.7. The van der Waals surface area contributed by atoms with Crippen LogP contribution in [0.25, 0.3) is 0 Å². The number of hydrogen-bond acceptors (Lipinski definition) is 3. The Balaban J connectivity index is 2.03. The molecule has 7 heteroatoms. The molecule has 0 aromatic rings. The highest BCUT2D eigenvalue weighted by molar-refractivity contribution is 5.77. The average Bonchev–Trinajstić information content (AvgIpc) is 2.27. The van der Waals surface area contributed by atoms with Gasteiger partial charge in [-0.25, -0.2) is 0 Å². The molecular weight excluding hydrogens is 237 g/mol. The van der Waals surface area contributed by atoms with Gasteiger partial charge in [-0.2, -0.15) is 13.2 Å². The predicted molar refractivity (Wildman–Crippen MR) is 55.5 cm³/mol. The minimum Gasteiger partial charge on any atom is -0.377 e. The SMILES string of the molecule is O=C(CNCC1CCCCO1)NCC(F)(F)F. The molecule has 0 aromatic heterocycles. The van der Waals surface area contributed by atoms with Gasteiger partial charge >= 0.3 is 6.18 Å². The van der Waals surface area contributed by atoms with E-state index in [1.54, 1.807) is 5.32 Å². The third kappa shape index (κ3) is 7.17. The molecule has 0 bridgehead atoms. The van der Waals surface area contributed by atoms with Crippen LogP contribution in [-0.4, -0.2) is 44.4 Å². The van der Waals surface area contributed by atoms with Crippen LogP contribution in [0.1, 0.15) is 19.3 Å². The Labute approximate surface area is 97.9 Å². The molecule has 1 heterocycles. The molecule has 2 N–H and O–H groups in total. The summed E-state index contributed by atoms with van der Waals surface area (Å²) in [4.78, 5) is 11.0. The van der Waals surface area contributed by atoms with Crippen molar-refractivity contribution in [2.24, 2.45) is 0 Å². The Kier molecular flexibility index (Phi) is 5.70. The van der Waals surface area contributed by atoms with E-state index in [9.17, 15) is 18.0 Å². The maximum Gasteiger partial charge on any atom is 0.405 e. The van der Waals surface area contributed by atoms with Crippen molar-refractivity contribution in [2.75, 3.05) is 26.2 Å². The van der Waals surface area contributed by atoms with Crippen molar-refractivity contribution in [3.05, 3.63) is 0 Å². The Morgan fingerprint density at radius 3 is 2.71 bits per heavy atom. The van der Waals surface area contributed by atoms with Gasteiger partial charge in [-0.1, -0.05) is 0 Å². The van der Waals surface area contributed by atoms with Crippen molar-refractivity contribution in [3.8, 4) is 0 Å². The summed E-state index contributed by atoms with van der Waals surface area (Å²) in [5.74, 6) is -0.655. The van der Waals surface area contributed by atoms with Crippen LogP contribution in [0.15, 0.2) is 0 Å². The van der Waals surface area contributed by atoms with E-state index in [4.69, 9.17) is 4.74 Å². The quantitative estimate of drug-likeness (QED) is 0.764. The van der Waals surface area contributed by atoms with E-state index in [1.807, 2.05) is 0 Å². The maximum absolute atomic E-state index is 11.8. The lowest BCUT2D eigenvalue weighted by atomic mass is 10.1. The monoisotopic (exact) mass is 254 g/mol. The summed E-state index contributed by atoms with van der Waals surface area (Å²) in [6.07, 6.45) is -1.23. The molecule has 0 saturated carbocycles. The van der Waals surface area contributed by atoms with Gasteiger partial charge in [0.2, 0.25) is 5.91 Å². The third-order valence-electron chi connectivity index (χ3n) is 2.42. The standard InChI is InChI=1S/C10H17F3N2O2/c11-10(12,13)7-15-9(16)6-14-5-8-3-1-2-4-17-8/h8,14H,1-7H2,(H,15,16). The van der Waals surface area contributed by atoms with Crippen molar-refractivity contribution in [1.82, 2.24) is 10.6 Å². The number of rotatable bonds is 5. The highest BCUT2D eigenvalue weighted by Gasteiger charge is 2.27. The maximum atomic E-state index is 11.8. The van der Waals surface area contributed by atoms with Gasteiger partial charge in [0, 0.05) is 13.2 Å². The van der Waals surface area contributed by atoms with Crippen LogP contribution in [-0.2, 0) is 9.53 Å². The molecular formula is C10H17F3N2O2. The van der Waals surface area contributed by atoms with E-state index in [0.717, 1.165) is 19.3 Å². The first-order chi connectivity index (χ1) is 7.97. The fraction of sp³-hybridized carbons (Fsp3) is 0.900. The van der Waals surface area contributed by atoms with Gasteiger partial charge in [0.1, 0.15) is 6.54 Å². The van der Waals surface area contributed by atoms with E-state index in [2.05, 4.69) is 5.32 Å². The van der Waals surface area contributed by atoms with Crippen LogP contribution in [0.2, 0.25) is 0 Å². The van der Waals surface area contributed by atoms with E-state index >= 15 is 0 Å². The summed E-state index contributed by atoms with van der Waals surface area (Å²) in [6.45, 7) is -0.185. The Bertz CT molecular complexity index is 240. The molecule has 1 amide bonds. The Morgan fingerprint density at radius 2 is 2.12 bits per heavy atom. The summed E-state index contributed by atoms with van der Waals surface area (Å²) in [6, 6.07) is 0. The first kappa shape index (κ1) is 14.2. The van der Waals surface area contributed by atoms with Gasteiger partial charge in [0.05, 0.1) is 12.6 Å². The van der Waals surface area contributed by atoms with Crippen molar-refractivity contribution in [3.63, 3.8) is 0 Å². The predicted octanol–water partition coefficient (Wildman–Crippen LogP) is 0.824. The molecule has 1 fully saturated rings. The molecule has 0 aliphatic carbocycles. The molecule has 17 heavy (non-hydrogen) atoms. The minimum absolute atomic E-state index is 0.0687. The average molecular weight is 254 g/mol. The van der Waals surface area contributed by atoms with Gasteiger partial charge in [0.25, 0.3) is 0 Å². The zero-order valence-corrected chi connectivity index (χ0v) is 9.48. The second-order valence-electron chi connectivity index (χ2n) is 4.01. The highest BCUT2D eigenvalue weighted by Crippen LogP contribution is 2.12. The van der Waals surface area contributed by atoms with E-state index < -0.39 is 18.6 Å². The molecule has 0 radical (unpaired) electrons. The highest BCUT2D eigenvalue weighted by atomic mass is 19.4. The van der Waals surface area contributed by atoms with Crippen LogP contribution >= 0.6 is 0 Å². The first-order valence-corrected chi connectivity index (χ1v) is 5.63. The second kappa shape index (κ2) is 6.80. The smallest absolute Gasteiger partial charge is 0.377 e. The molecule has 1 saturated heterocycles. The number of nitrogens with one attached hydrogen (secondary N) is 2.